The molecular weight excluding hydrogens is 536 g/mol. The molecule has 2 aliphatic rings. The molecule has 1 N–H and O–H groups in total. The van der Waals surface area contributed by atoms with Crippen LogP contribution in [0.3, 0.4) is 0 Å². The van der Waals surface area contributed by atoms with Gasteiger partial charge in [0.2, 0.25) is 0 Å². The highest BCUT2D eigenvalue weighted by atomic mass is 16.6. The van der Waals surface area contributed by atoms with Gasteiger partial charge in [0.05, 0.1) is 5.56 Å². The highest BCUT2D eigenvalue weighted by molar-refractivity contribution is 5.89. The summed E-state index contributed by atoms with van der Waals surface area (Å²) in [5, 5.41) is 3.95. The molecule has 234 valence electrons. The number of ether oxygens (including phenoxy) is 2. The second-order valence-electron chi connectivity index (χ2n) is 14.6. The van der Waals surface area contributed by atoms with Gasteiger partial charge in [0.1, 0.15) is 11.2 Å². The van der Waals surface area contributed by atoms with E-state index in [4.69, 9.17) is 9.47 Å². The summed E-state index contributed by atoms with van der Waals surface area (Å²) >= 11 is 0. The lowest BCUT2D eigenvalue weighted by Gasteiger charge is -2.38. The second kappa shape index (κ2) is 13.7. The van der Waals surface area contributed by atoms with Gasteiger partial charge in [-0.1, -0.05) is 68.0 Å². The topological polar surface area (TPSA) is 67.9 Å². The van der Waals surface area contributed by atoms with Crippen LogP contribution in [0.4, 0.5) is 4.79 Å². The van der Waals surface area contributed by atoms with Crippen LogP contribution >= 0.6 is 0 Å². The summed E-state index contributed by atoms with van der Waals surface area (Å²) in [7, 11) is 0. The average Bonchev–Trinajstić information content (AvgIpc) is 3.68. The Morgan fingerprint density at radius 2 is 1.49 bits per heavy atom. The fourth-order valence-corrected chi connectivity index (χ4v) is 5.99. The van der Waals surface area contributed by atoms with E-state index < -0.39 is 11.2 Å². The fraction of sp³-hybridized carbons (Fsp3) is 0.568. The molecule has 2 aromatic rings. The summed E-state index contributed by atoms with van der Waals surface area (Å²) in [6.07, 6.45) is 7.22. The minimum absolute atomic E-state index is 0.109. The third-order valence-corrected chi connectivity index (χ3v) is 8.17. The minimum atomic E-state index is -0.572. The number of hydrogen-bond donors (Lipinski definition) is 1. The normalized spacial score (nSPS) is 22.7. The van der Waals surface area contributed by atoms with Crippen LogP contribution in [-0.4, -0.2) is 46.3 Å². The third-order valence-electron chi connectivity index (χ3n) is 8.17. The monoisotopic (exact) mass is 588 g/mol. The summed E-state index contributed by atoms with van der Waals surface area (Å²) in [4.78, 5) is 27.8. The molecule has 1 amide bonds. The van der Waals surface area contributed by atoms with Crippen molar-refractivity contribution in [2.45, 2.75) is 123 Å². The zero-order valence-corrected chi connectivity index (χ0v) is 27.5. The number of carbonyl (C=O) groups excluding carboxylic acids is 2. The van der Waals surface area contributed by atoms with E-state index in [1.54, 1.807) is 12.1 Å². The van der Waals surface area contributed by atoms with Crippen molar-refractivity contribution in [2.24, 2.45) is 11.8 Å². The molecular formula is C37H52N2O4. The van der Waals surface area contributed by atoms with Gasteiger partial charge in [-0.2, -0.15) is 0 Å². The first kappa shape index (κ1) is 32.8. The summed E-state index contributed by atoms with van der Waals surface area (Å²) < 4.78 is 11.3. The average molecular weight is 589 g/mol. The molecule has 2 aliphatic carbocycles. The number of nitrogens with one attached hydrogen (secondary N) is 1. The maximum atomic E-state index is 13.4. The highest BCUT2D eigenvalue weighted by Crippen LogP contribution is 2.42. The zero-order chi connectivity index (χ0) is 31.4. The highest BCUT2D eigenvalue weighted by Gasteiger charge is 2.42. The van der Waals surface area contributed by atoms with E-state index in [0.29, 0.717) is 36.0 Å². The first-order valence-electron chi connectivity index (χ1n) is 16.0. The molecule has 2 saturated carbocycles. The molecule has 0 radical (unpaired) electrons. The maximum Gasteiger partial charge on any atom is 0.410 e. The van der Waals surface area contributed by atoms with Crippen molar-refractivity contribution in [3.8, 4) is 0 Å². The minimum Gasteiger partial charge on any atom is -0.456 e. The molecule has 0 bridgehead atoms. The Labute approximate surface area is 259 Å². The summed E-state index contributed by atoms with van der Waals surface area (Å²) in [6.45, 7) is 16.3. The predicted molar refractivity (Wildman–Crippen MR) is 174 cm³/mol. The van der Waals surface area contributed by atoms with Crippen LogP contribution in [0.25, 0.3) is 6.08 Å². The quantitative estimate of drug-likeness (QED) is 0.298. The number of carbonyl (C=O) groups is 2. The van der Waals surface area contributed by atoms with E-state index in [2.05, 4.69) is 55.6 Å². The number of benzene rings is 2. The standard InChI is InChI=1S/C37H52N2O4/c1-25(2)31(22-26-12-10-9-11-13-26)32-23-33(32)38-29-18-20-30(21-19-29)39(35(41)43-37(6,7)8)24-27-14-16-28(17-15-27)34(40)42-36(3,4)5/h9-17,22,25,29-30,32-33,38H,18-21,23-24H2,1-8H3/b31-22+/t29?,30?,32-,33+/m0/s1. The van der Waals surface area contributed by atoms with Gasteiger partial charge in [0.15, 0.2) is 0 Å². The molecule has 2 aromatic carbocycles. The molecule has 2 fully saturated rings. The summed E-state index contributed by atoms with van der Waals surface area (Å²) in [5.41, 5.74) is 3.16. The molecule has 0 aliphatic heterocycles. The van der Waals surface area contributed by atoms with Crippen molar-refractivity contribution in [3.63, 3.8) is 0 Å². The number of nitrogens with zero attached hydrogens (tertiary/aromatic N) is 1. The Kier molecular flexibility index (Phi) is 10.4. The molecule has 43 heavy (non-hydrogen) atoms. The first-order chi connectivity index (χ1) is 20.2. The molecule has 0 unspecified atom stereocenters. The van der Waals surface area contributed by atoms with E-state index in [-0.39, 0.29) is 18.1 Å². The van der Waals surface area contributed by atoms with E-state index in [0.717, 1.165) is 31.2 Å². The molecule has 0 saturated heterocycles. The van der Waals surface area contributed by atoms with Gasteiger partial charge in [-0.15, -0.1) is 0 Å². The van der Waals surface area contributed by atoms with Crippen LogP contribution in [0.2, 0.25) is 0 Å². The molecule has 6 heteroatoms. The fourth-order valence-electron chi connectivity index (χ4n) is 5.99. The molecule has 0 aromatic heterocycles. The van der Waals surface area contributed by atoms with Gasteiger partial charge in [-0.3, -0.25) is 0 Å². The SMILES string of the molecule is CC(C)/C(=C\c1ccccc1)[C@@H]1C[C@H]1NC1CCC(N(Cc2ccc(C(=O)OC(C)(C)C)cc2)C(=O)OC(C)(C)C)CC1. The lowest BCUT2D eigenvalue weighted by atomic mass is 9.89. The van der Waals surface area contributed by atoms with Crippen molar-refractivity contribution < 1.29 is 19.1 Å². The van der Waals surface area contributed by atoms with Gasteiger partial charge in [0.25, 0.3) is 0 Å². The van der Waals surface area contributed by atoms with E-state index in [9.17, 15) is 9.59 Å². The molecule has 4 rings (SSSR count). The van der Waals surface area contributed by atoms with Crippen LogP contribution in [0, 0.1) is 11.8 Å². The Morgan fingerprint density at radius 1 is 0.884 bits per heavy atom. The predicted octanol–water partition coefficient (Wildman–Crippen LogP) is 8.41. The van der Waals surface area contributed by atoms with Crippen molar-refractivity contribution in [3.05, 3.63) is 76.9 Å². The number of amides is 1. The Hall–Kier alpha value is -3.12. The van der Waals surface area contributed by atoms with Gasteiger partial charge < -0.3 is 19.7 Å². The molecule has 0 heterocycles. The van der Waals surface area contributed by atoms with Crippen molar-refractivity contribution in [2.75, 3.05) is 0 Å². The number of rotatable bonds is 9. The van der Waals surface area contributed by atoms with E-state index in [1.165, 1.54) is 17.6 Å². The van der Waals surface area contributed by atoms with Crippen molar-refractivity contribution in [1.82, 2.24) is 10.2 Å². The van der Waals surface area contributed by atoms with Crippen LogP contribution in [0.5, 0.6) is 0 Å². The zero-order valence-electron chi connectivity index (χ0n) is 27.5. The smallest absolute Gasteiger partial charge is 0.410 e. The van der Waals surface area contributed by atoms with Gasteiger partial charge in [0, 0.05) is 24.7 Å². The van der Waals surface area contributed by atoms with Crippen LogP contribution in [0.15, 0.2) is 60.2 Å². The van der Waals surface area contributed by atoms with Crippen LogP contribution in [-0.2, 0) is 16.0 Å². The lowest BCUT2D eigenvalue weighted by Crippen LogP contribution is -2.47. The summed E-state index contributed by atoms with van der Waals surface area (Å²) in [5.74, 6) is 0.774. The third kappa shape index (κ3) is 9.96. The van der Waals surface area contributed by atoms with Crippen molar-refractivity contribution in [1.29, 1.82) is 0 Å². The lowest BCUT2D eigenvalue weighted by molar-refractivity contribution is 0.00616. The van der Waals surface area contributed by atoms with Gasteiger partial charge >= 0.3 is 12.1 Å². The first-order valence-corrected chi connectivity index (χ1v) is 16.0. The van der Waals surface area contributed by atoms with Crippen molar-refractivity contribution >= 4 is 18.1 Å². The van der Waals surface area contributed by atoms with E-state index in [1.807, 2.05) is 58.6 Å². The summed E-state index contributed by atoms with van der Waals surface area (Å²) in [6, 6.07) is 19.1. The van der Waals surface area contributed by atoms with Gasteiger partial charge in [-0.05, 0) is 109 Å². The molecule has 6 nitrogen and oxygen atoms in total. The van der Waals surface area contributed by atoms with Gasteiger partial charge in [-0.25, -0.2) is 9.59 Å². The molecule has 0 spiro atoms. The van der Waals surface area contributed by atoms with Crippen LogP contribution < -0.4 is 5.32 Å². The van der Waals surface area contributed by atoms with E-state index >= 15 is 0 Å². The largest absolute Gasteiger partial charge is 0.456 e. The Balaban J connectivity index is 1.36. The Morgan fingerprint density at radius 3 is 2.05 bits per heavy atom. The van der Waals surface area contributed by atoms with Crippen LogP contribution in [0.1, 0.15) is 109 Å². The number of hydrogen-bond acceptors (Lipinski definition) is 5. The maximum absolute atomic E-state index is 13.4. The number of esters is 1. The molecule has 2 atom stereocenters. The second-order valence-corrected chi connectivity index (χ2v) is 14.6. The Bertz CT molecular complexity index is 1250.